The summed E-state index contributed by atoms with van der Waals surface area (Å²) in [7, 11) is 1.81. The van der Waals surface area contributed by atoms with Crippen LogP contribution in [0.2, 0.25) is 0 Å². The van der Waals surface area contributed by atoms with E-state index in [9.17, 15) is 14.7 Å². The second kappa shape index (κ2) is 5.05. The molecule has 0 fully saturated rings. The van der Waals surface area contributed by atoms with Gasteiger partial charge in [-0.15, -0.1) is 0 Å². The minimum absolute atomic E-state index is 0.123. The monoisotopic (exact) mass is 285 g/mol. The summed E-state index contributed by atoms with van der Waals surface area (Å²) in [4.78, 5) is 29.4. The van der Waals surface area contributed by atoms with E-state index < -0.39 is 5.97 Å². The van der Waals surface area contributed by atoms with E-state index in [2.05, 4.69) is 4.98 Å². The number of imidazole rings is 1. The van der Waals surface area contributed by atoms with Crippen LogP contribution in [-0.4, -0.2) is 38.0 Å². The van der Waals surface area contributed by atoms with Crippen LogP contribution < -0.4 is 0 Å². The molecule has 0 unspecified atom stereocenters. The molecule has 0 radical (unpaired) electrons. The maximum Gasteiger partial charge on any atom is 0.335 e. The number of aromatic nitrogens is 2. The predicted molar refractivity (Wildman–Crippen MR) is 75.1 cm³/mol. The molecule has 21 heavy (non-hydrogen) atoms. The van der Waals surface area contributed by atoms with Crippen LogP contribution in [0.15, 0.2) is 30.7 Å². The molecule has 3 rings (SSSR count). The van der Waals surface area contributed by atoms with Crippen molar-refractivity contribution in [3.8, 4) is 0 Å². The van der Waals surface area contributed by atoms with Gasteiger partial charge in [0.2, 0.25) is 0 Å². The third-order valence-electron chi connectivity index (χ3n) is 3.71. The number of hydrogen-bond donors (Lipinski definition) is 1. The van der Waals surface area contributed by atoms with E-state index in [1.54, 1.807) is 34.1 Å². The molecule has 1 aromatic heterocycles. The van der Waals surface area contributed by atoms with E-state index in [4.69, 9.17) is 0 Å². The average Bonchev–Trinajstić information content (AvgIpc) is 2.91. The van der Waals surface area contributed by atoms with Crippen LogP contribution in [0.1, 0.15) is 32.0 Å². The van der Waals surface area contributed by atoms with Crippen molar-refractivity contribution in [2.45, 2.75) is 13.0 Å². The summed E-state index contributed by atoms with van der Waals surface area (Å²) in [5, 5.41) is 9.20. The van der Waals surface area contributed by atoms with Gasteiger partial charge in [0.15, 0.2) is 0 Å². The van der Waals surface area contributed by atoms with Crippen LogP contribution >= 0.6 is 0 Å². The maximum atomic E-state index is 12.4. The van der Waals surface area contributed by atoms with Crippen molar-refractivity contribution in [3.05, 3.63) is 53.1 Å². The largest absolute Gasteiger partial charge is 0.478 e. The van der Waals surface area contributed by atoms with Gasteiger partial charge in [-0.2, -0.15) is 0 Å². The number of fused-ring (bicyclic) bond motifs is 1. The standard InChI is InChI=1S/C15H15N3O3/c1-17-8-13(16-9-17)14(19)18-6-5-11-10(7-18)3-2-4-12(11)15(20)21/h2-4,8-9H,5-7H2,1H3,(H,20,21). The lowest BCUT2D eigenvalue weighted by Crippen LogP contribution is -2.36. The maximum absolute atomic E-state index is 12.4. The van der Waals surface area contributed by atoms with Crippen LogP contribution in [0.3, 0.4) is 0 Å². The number of rotatable bonds is 2. The van der Waals surface area contributed by atoms with Crippen LogP contribution in [0.5, 0.6) is 0 Å². The molecule has 0 aliphatic carbocycles. The summed E-state index contributed by atoms with van der Waals surface area (Å²) in [6.07, 6.45) is 3.83. The van der Waals surface area contributed by atoms with E-state index in [0.717, 1.165) is 11.1 Å². The molecular weight excluding hydrogens is 270 g/mol. The van der Waals surface area contributed by atoms with Crippen molar-refractivity contribution >= 4 is 11.9 Å². The fraction of sp³-hybridized carbons (Fsp3) is 0.267. The van der Waals surface area contributed by atoms with Crippen molar-refractivity contribution in [1.29, 1.82) is 0 Å². The second-order valence-corrected chi connectivity index (χ2v) is 5.15. The molecule has 1 N–H and O–H groups in total. The number of carboxylic acids is 1. The Hall–Kier alpha value is -2.63. The molecule has 1 aliphatic rings. The summed E-state index contributed by atoms with van der Waals surface area (Å²) in [5.74, 6) is -1.04. The van der Waals surface area contributed by atoms with E-state index in [-0.39, 0.29) is 5.91 Å². The molecule has 6 heteroatoms. The Balaban J connectivity index is 1.86. The summed E-state index contributed by atoms with van der Waals surface area (Å²) >= 11 is 0. The van der Waals surface area contributed by atoms with E-state index >= 15 is 0 Å². The number of amides is 1. The minimum atomic E-state index is -0.920. The Labute approximate surface area is 121 Å². The average molecular weight is 285 g/mol. The number of aromatic carboxylic acids is 1. The summed E-state index contributed by atoms with van der Waals surface area (Å²) in [6.45, 7) is 0.929. The van der Waals surface area contributed by atoms with E-state index in [0.29, 0.717) is 30.8 Å². The highest BCUT2D eigenvalue weighted by molar-refractivity contribution is 5.93. The van der Waals surface area contributed by atoms with Crippen molar-refractivity contribution in [3.63, 3.8) is 0 Å². The van der Waals surface area contributed by atoms with Crippen LogP contribution in [0, 0.1) is 0 Å². The molecule has 2 aromatic rings. The molecule has 0 bridgehead atoms. The molecule has 1 aromatic carbocycles. The number of aryl methyl sites for hydroxylation is 1. The summed E-state index contributed by atoms with van der Waals surface area (Å²) in [5.41, 5.74) is 2.47. The number of carboxylic acid groups (broad SMARTS) is 1. The normalized spacial score (nSPS) is 13.9. The van der Waals surface area contributed by atoms with Crippen molar-refractivity contribution in [2.75, 3.05) is 6.54 Å². The second-order valence-electron chi connectivity index (χ2n) is 5.15. The van der Waals surface area contributed by atoms with Gasteiger partial charge in [0, 0.05) is 26.3 Å². The fourth-order valence-corrected chi connectivity index (χ4v) is 2.67. The Morgan fingerprint density at radius 2 is 2.14 bits per heavy atom. The van der Waals surface area contributed by atoms with Crippen LogP contribution in [0.25, 0.3) is 0 Å². The highest BCUT2D eigenvalue weighted by Gasteiger charge is 2.25. The van der Waals surface area contributed by atoms with Gasteiger partial charge < -0.3 is 14.6 Å². The lowest BCUT2D eigenvalue weighted by molar-refractivity contribution is 0.0694. The lowest BCUT2D eigenvalue weighted by atomic mass is 9.94. The Kier molecular flexibility index (Phi) is 3.21. The predicted octanol–water partition coefficient (Wildman–Crippen LogP) is 1.32. The smallest absolute Gasteiger partial charge is 0.335 e. The first kappa shape index (κ1) is 13.4. The zero-order valence-corrected chi connectivity index (χ0v) is 11.6. The van der Waals surface area contributed by atoms with E-state index in [1.807, 2.05) is 13.1 Å². The molecule has 0 saturated heterocycles. The number of carbonyl (C=O) groups is 2. The van der Waals surface area contributed by atoms with Gasteiger partial charge in [0.05, 0.1) is 11.9 Å². The van der Waals surface area contributed by atoms with Gasteiger partial charge in [0.1, 0.15) is 5.69 Å². The van der Waals surface area contributed by atoms with Gasteiger partial charge in [0.25, 0.3) is 5.91 Å². The van der Waals surface area contributed by atoms with Crippen molar-refractivity contribution < 1.29 is 14.7 Å². The molecule has 0 spiro atoms. The zero-order chi connectivity index (χ0) is 15.0. The zero-order valence-electron chi connectivity index (χ0n) is 11.6. The first-order valence-electron chi connectivity index (χ1n) is 6.67. The highest BCUT2D eigenvalue weighted by atomic mass is 16.4. The molecule has 0 saturated carbocycles. The third kappa shape index (κ3) is 2.40. The van der Waals surface area contributed by atoms with Crippen molar-refractivity contribution in [1.82, 2.24) is 14.5 Å². The highest BCUT2D eigenvalue weighted by Crippen LogP contribution is 2.23. The lowest BCUT2D eigenvalue weighted by Gasteiger charge is -2.29. The topological polar surface area (TPSA) is 75.4 Å². The van der Waals surface area contributed by atoms with Crippen LogP contribution in [0.4, 0.5) is 0 Å². The minimum Gasteiger partial charge on any atom is -0.478 e. The number of benzene rings is 1. The van der Waals surface area contributed by atoms with Gasteiger partial charge in [-0.3, -0.25) is 4.79 Å². The van der Waals surface area contributed by atoms with Crippen molar-refractivity contribution in [2.24, 2.45) is 7.05 Å². The summed E-state index contributed by atoms with van der Waals surface area (Å²) < 4.78 is 1.73. The Morgan fingerprint density at radius 1 is 1.33 bits per heavy atom. The quantitative estimate of drug-likeness (QED) is 0.903. The van der Waals surface area contributed by atoms with Gasteiger partial charge in [-0.05, 0) is 23.6 Å². The fourth-order valence-electron chi connectivity index (χ4n) is 2.67. The molecule has 0 atom stereocenters. The third-order valence-corrected chi connectivity index (χ3v) is 3.71. The number of carbonyl (C=O) groups excluding carboxylic acids is 1. The van der Waals surface area contributed by atoms with Gasteiger partial charge >= 0.3 is 5.97 Å². The van der Waals surface area contributed by atoms with E-state index in [1.165, 1.54) is 0 Å². The van der Waals surface area contributed by atoms with Gasteiger partial charge in [-0.1, -0.05) is 12.1 Å². The molecule has 2 heterocycles. The Bertz CT molecular complexity index is 721. The molecule has 108 valence electrons. The first-order chi connectivity index (χ1) is 10.1. The van der Waals surface area contributed by atoms with Gasteiger partial charge in [-0.25, -0.2) is 9.78 Å². The number of hydrogen-bond acceptors (Lipinski definition) is 3. The molecule has 6 nitrogen and oxygen atoms in total. The Morgan fingerprint density at radius 3 is 2.81 bits per heavy atom. The summed E-state index contributed by atoms with van der Waals surface area (Å²) in [6, 6.07) is 5.20. The molecule has 1 amide bonds. The molecule has 1 aliphatic heterocycles. The number of nitrogens with zero attached hydrogens (tertiary/aromatic N) is 3. The SMILES string of the molecule is Cn1cnc(C(=O)N2CCc3c(cccc3C(=O)O)C2)c1. The van der Waals surface area contributed by atoms with Crippen LogP contribution in [-0.2, 0) is 20.0 Å². The molecular formula is C15H15N3O3. The first-order valence-corrected chi connectivity index (χ1v) is 6.67.